The summed E-state index contributed by atoms with van der Waals surface area (Å²) in [5.74, 6) is -0.231. The van der Waals surface area contributed by atoms with Crippen molar-refractivity contribution in [3.63, 3.8) is 0 Å². The zero-order chi connectivity index (χ0) is 23.4. The fourth-order valence-electron chi connectivity index (χ4n) is 3.59. The first-order valence-electron chi connectivity index (χ1n) is 10.3. The fourth-order valence-corrected chi connectivity index (χ4v) is 5.00. The number of hydrogen-bond acceptors (Lipinski definition) is 8. The van der Waals surface area contributed by atoms with Crippen LogP contribution in [0.2, 0.25) is 0 Å². The minimum atomic E-state index is -3.61. The molecular weight excluding hydrogens is 452 g/mol. The maximum absolute atomic E-state index is 12.9. The second-order valence-corrected chi connectivity index (χ2v) is 9.32. The van der Waals surface area contributed by atoms with Gasteiger partial charge in [-0.15, -0.1) is 0 Å². The van der Waals surface area contributed by atoms with Crippen molar-refractivity contribution in [2.45, 2.75) is 11.0 Å². The van der Waals surface area contributed by atoms with Gasteiger partial charge in [-0.05, 0) is 36.4 Å². The number of ether oxygens (including phenoxy) is 4. The van der Waals surface area contributed by atoms with Crippen molar-refractivity contribution in [1.82, 2.24) is 4.31 Å². The van der Waals surface area contributed by atoms with Crippen LogP contribution in [0.25, 0.3) is 0 Å². The third-order valence-corrected chi connectivity index (χ3v) is 7.25. The Bertz CT molecular complexity index is 1110. The first-order chi connectivity index (χ1) is 15.9. The summed E-state index contributed by atoms with van der Waals surface area (Å²) in [7, 11) is -2.36. The molecule has 1 atom stereocenters. The Hall–Kier alpha value is -3.15. The lowest BCUT2D eigenvalue weighted by molar-refractivity contribution is -0.148. The average molecular weight is 477 g/mol. The molecule has 1 saturated heterocycles. The highest BCUT2D eigenvalue weighted by Crippen LogP contribution is 2.33. The molecule has 33 heavy (non-hydrogen) atoms. The number of benzene rings is 2. The first-order valence-corrected chi connectivity index (χ1v) is 11.8. The maximum Gasteiger partial charge on any atom is 0.348 e. The molecule has 0 N–H and O–H groups in total. The van der Waals surface area contributed by atoms with Gasteiger partial charge in [0.05, 0.1) is 37.5 Å². The van der Waals surface area contributed by atoms with E-state index in [1.54, 1.807) is 24.3 Å². The monoisotopic (exact) mass is 476 g/mol. The highest BCUT2D eigenvalue weighted by Gasteiger charge is 2.34. The van der Waals surface area contributed by atoms with Gasteiger partial charge >= 0.3 is 5.97 Å². The van der Waals surface area contributed by atoms with Crippen LogP contribution in [0, 0.1) is 0 Å². The van der Waals surface area contributed by atoms with Gasteiger partial charge in [0, 0.05) is 13.1 Å². The number of para-hydroxylation sites is 2. The van der Waals surface area contributed by atoms with Crippen LogP contribution in [0.3, 0.4) is 0 Å². The summed E-state index contributed by atoms with van der Waals surface area (Å²) >= 11 is 0. The van der Waals surface area contributed by atoms with Gasteiger partial charge in [-0.2, -0.15) is 4.31 Å². The molecule has 0 spiro atoms. The van der Waals surface area contributed by atoms with E-state index in [4.69, 9.17) is 18.9 Å². The number of morpholine rings is 1. The molecular formula is C22H24N2O8S. The van der Waals surface area contributed by atoms with Gasteiger partial charge in [-0.25, -0.2) is 13.2 Å². The smallest absolute Gasteiger partial charge is 0.348 e. The van der Waals surface area contributed by atoms with E-state index in [0.717, 1.165) is 0 Å². The Kier molecular flexibility index (Phi) is 6.82. The van der Waals surface area contributed by atoms with Crippen molar-refractivity contribution in [2.75, 3.05) is 51.5 Å². The topological polar surface area (TPSA) is 112 Å². The molecule has 2 aliphatic rings. The number of nitrogens with zero attached hydrogens (tertiary/aromatic N) is 2. The molecule has 0 saturated carbocycles. The van der Waals surface area contributed by atoms with Crippen molar-refractivity contribution < 1.29 is 37.0 Å². The molecule has 0 bridgehead atoms. The van der Waals surface area contributed by atoms with Crippen LogP contribution in [0.1, 0.15) is 0 Å². The lowest BCUT2D eigenvalue weighted by Crippen LogP contribution is -2.48. The summed E-state index contributed by atoms with van der Waals surface area (Å²) in [6, 6.07) is 12.8. The summed E-state index contributed by atoms with van der Waals surface area (Å²) < 4.78 is 48.0. The normalized spacial score (nSPS) is 18.7. The van der Waals surface area contributed by atoms with Crippen molar-refractivity contribution in [3.05, 3.63) is 48.5 Å². The largest absolute Gasteiger partial charge is 0.484 e. The highest BCUT2D eigenvalue weighted by molar-refractivity contribution is 7.89. The van der Waals surface area contributed by atoms with Gasteiger partial charge in [0.25, 0.3) is 5.91 Å². The Morgan fingerprint density at radius 1 is 1.06 bits per heavy atom. The van der Waals surface area contributed by atoms with Crippen LogP contribution >= 0.6 is 0 Å². The Morgan fingerprint density at radius 2 is 1.76 bits per heavy atom. The molecule has 2 heterocycles. The minimum absolute atomic E-state index is 0.0113. The van der Waals surface area contributed by atoms with Gasteiger partial charge < -0.3 is 23.8 Å². The Balaban J connectivity index is 1.42. The molecule has 0 aliphatic carbocycles. The number of hydrogen-bond donors (Lipinski definition) is 0. The van der Waals surface area contributed by atoms with Crippen LogP contribution < -0.4 is 14.4 Å². The number of carbonyl (C=O) groups excluding carboxylic acids is 2. The molecule has 2 aromatic carbocycles. The zero-order valence-corrected chi connectivity index (χ0v) is 18.8. The Labute approximate surface area is 191 Å². The van der Waals surface area contributed by atoms with Crippen LogP contribution in [0.15, 0.2) is 53.4 Å². The highest BCUT2D eigenvalue weighted by atomic mass is 32.2. The fraction of sp³-hybridized carbons (Fsp3) is 0.364. The van der Waals surface area contributed by atoms with E-state index in [1.807, 2.05) is 0 Å². The molecule has 1 unspecified atom stereocenters. The number of methoxy groups -OCH3 is 1. The van der Waals surface area contributed by atoms with Gasteiger partial charge in [0.2, 0.25) is 16.1 Å². The average Bonchev–Trinajstić information content (AvgIpc) is 2.86. The number of anilines is 1. The summed E-state index contributed by atoms with van der Waals surface area (Å²) in [5, 5.41) is 0. The molecule has 2 aromatic rings. The number of amides is 1. The van der Waals surface area contributed by atoms with Gasteiger partial charge in [-0.1, -0.05) is 12.1 Å². The van der Waals surface area contributed by atoms with E-state index in [0.29, 0.717) is 43.5 Å². The van der Waals surface area contributed by atoms with Crippen molar-refractivity contribution >= 4 is 27.6 Å². The molecule has 1 amide bonds. The number of carbonyl (C=O) groups is 2. The third kappa shape index (κ3) is 4.95. The van der Waals surface area contributed by atoms with Crippen molar-refractivity contribution in [3.8, 4) is 11.5 Å². The quantitative estimate of drug-likeness (QED) is 0.569. The minimum Gasteiger partial charge on any atom is -0.484 e. The predicted molar refractivity (Wildman–Crippen MR) is 117 cm³/mol. The van der Waals surface area contributed by atoms with Gasteiger partial charge in [-0.3, -0.25) is 4.79 Å². The van der Waals surface area contributed by atoms with Crippen LogP contribution in [0.4, 0.5) is 5.69 Å². The van der Waals surface area contributed by atoms with Crippen LogP contribution in [0.5, 0.6) is 11.5 Å². The van der Waals surface area contributed by atoms with Gasteiger partial charge in [0.15, 0.2) is 6.61 Å². The summed E-state index contributed by atoms with van der Waals surface area (Å²) in [4.78, 5) is 26.4. The zero-order valence-electron chi connectivity index (χ0n) is 18.0. The summed E-state index contributed by atoms with van der Waals surface area (Å²) in [6.45, 7) is 1.03. The van der Waals surface area contributed by atoms with Crippen LogP contribution in [-0.2, 0) is 29.1 Å². The summed E-state index contributed by atoms with van der Waals surface area (Å²) in [6.07, 6.45) is -0.946. The first kappa shape index (κ1) is 23.0. The van der Waals surface area contributed by atoms with Gasteiger partial charge in [0.1, 0.15) is 11.5 Å². The Morgan fingerprint density at radius 3 is 2.45 bits per heavy atom. The van der Waals surface area contributed by atoms with E-state index in [9.17, 15) is 18.0 Å². The number of esters is 1. The molecule has 11 heteroatoms. The van der Waals surface area contributed by atoms with E-state index in [2.05, 4.69) is 0 Å². The molecule has 0 aromatic heterocycles. The van der Waals surface area contributed by atoms with Crippen molar-refractivity contribution in [2.24, 2.45) is 0 Å². The lowest BCUT2D eigenvalue weighted by atomic mass is 10.2. The number of sulfonamides is 1. The molecule has 1 fully saturated rings. The van der Waals surface area contributed by atoms with E-state index < -0.39 is 22.1 Å². The van der Waals surface area contributed by atoms with E-state index in [-0.39, 0.29) is 24.0 Å². The molecule has 4 rings (SSSR count). The predicted octanol–water partition coefficient (Wildman–Crippen LogP) is 1.05. The van der Waals surface area contributed by atoms with Crippen molar-refractivity contribution in [1.29, 1.82) is 0 Å². The molecule has 10 nitrogen and oxygen atoms in total. The SMILES string of the molecule is COC(=O)C1CN(C(=O)COc2ccc(S(=O)(=O)N3CCOCC3)cc2)c2ccccc2O1. The maximum atomic E-state index is 12.9. The third-order valence-electron chi connectivity index (χ3n) is 5.33. The second-order valence-electron chi connectivity index (χ2n) is 7.38. The standard InChI is InChI=1S/C22H24N2O8S/c1-29-22(26)20-14-24(18-4-2-3-5-19(18)32-20)21(25)15-31-16-6-8-17(9-7-16)33(27,28)23-10-12-30-13-11-23/h2-9,20H,10-15H2,1H3. The molecule has 176 valence electrons. The van der Waals surface area contributed by atoms with E-state index >= 15 is 0 Å². The molecule has 0 radical (unpaired) electrons. The number of fused-ring (bicyclic) bond motifs is 1. The van der Waals surface area contributed by atoms with Crippen LogP contribution in [-0.4, -0.2) is 77.3 Å². The second kappa shape index (κ2) is 9.77. The van der Waals surface area contributed by atoms with E-state index in [1.165, 1.54) is 40.6 Å². The lowest BCUT2D eigenvalue weighted by Gasteiger charge is -2.33. The summed E-state index contributed by atoms with van der Waals surface area (Å²) in [5.41, 5.74) is 0.526. The number of rotatable bonds is 6. The molecule has 2 aliphatic heterocycles.